The van der Waals surface area contributed by atoms with Crippen LogP contribution in [0.2, 0.25) is 0 Å². The van der Waals surface area contributed by atoms with E-state index in [4.69, 9.17) is 0 Å². The van der Waals surface area contributed by atoms with Gasteiger partial charge in [-0.25, -0.2) is 0 Å². The summed E-state index contributed by atoms with van der Waals surface area (Å²) in [4.78, 5) is 29.8. The number of likely N-dealkylation sites (tertiary alicyclic amines) is 2. The maximum absolute atomic E-state index is 13.1. The van der Waals surface area contributed by atoms with Crippen LogP contribution in [-0.4, -0.2) is 53.8 Å². The van der Waals surface area contributed by atoms with Gasteiger partial charge in [0.2, 0.25) is 11.8 Å². The van der Waals surface area contributed by atoms with E-state index in [1.165, 1.54) is 36.9 Å². The summed E-state index contributed by atoms with van der Waals surface area (Å²) in [7, 11) is 0. The number of rotatable bonds is 5. The van der Waals surface area contributed by atoms with Gasteiger partial charge in [-0.15, -0.1) is 0 Å². The van der Waals surface area contributed by atoms with E-state index in [1.807, 2.05) is 6.92 Å². The van der Waals surface area contributed by atoms with Gasteiger partial charge in [-0.2, -0.15) is 0 Å². The first kappa shape index (κ1) is 24.3. The molecule has 33 heavy (non-hydrogen) atoms. The van der Waals surface area contributed by atoms with Gasteiger partial charge in [-0.1, -0.05) is 45.0 Å². The number of carbonyl (C=O) groups is 2. The fraction of sp³-hybridized carbons (Fsp3) is 0.714. The molecule has 3 aliphatic rings. The molecular weight excluding hydrogens is 410 g/mol. The Hall–Kier alpha value is -1.88. The van der Waals surface area contributed by atoms with Crippen molar-refractivity contribution >= 4 is 11.8 Å². The van der Waals surface area contributed by atoms with Crippen LogP contribution in [0.25, 0.3) is 0 Å². The monoisotopic (exact) mass is 455 g/mol. The molecule has 2 atom stereocenters. The van der Waals surface area contributed by atoms with Crippen LogP contribution >= 0.6 is 0 Å². The van der Waals surface area contributed by atoms with Gasteiger partial charge in [0.25, 0.3) is 0 Å². The lowest BCUT2D eigenvalue weighted by Gasteiger charge is -2.47. The first-order chi connectivity index (χ1) is 15.7. The molecule has 2 heterocycles. The molecule has 2 aliphatic heterocycles. The van der Waals surface area contributed by atoms with E-state index in [1.54, 1.807) is 4.90 Å². The Morgan fingerprint density at radius 3 is 2.58 bits per heavy atom. The molecule has 0 unspecified atom stereocenters. The summed E-state index contributed by atoms with van der Waals surface area (Å²) in [6.45, 7) is 13.1. The van der Waals surface area contributed by atoms with Crippen LogP contribution in [0.5, 0.6) is 0 Å². The number of fused-ring (bicyclic) bond motifs is 2. The van der Waals surface area contributed by atoms with Gasteiger partial charge in [0.05, 0.1) is 6.04 Å². The molecule has 1 spiro atoms. The van der Waals surface area contributed by atoms with Crippen molar-refractivity contribution in [3.63, 3.8) is 0 Å². The third kappa shape index (κ3) is 5.45. The number of hydrogen-bond acceptors (Lipinski definition) is 3. The first-order valence-corrected chi connectivity index (χ1v) is 13.1. The number of hydrogen-bond donors (Lipinski definition) is 1. The predicted octanol–water partition coefficient (Wildman–Crippen LogP) is 5.05. The highest BCUT2D eigenvalue weighted by Gasteiger charge is 2.42. The van der Waals surface area contributed by atoms with Crippen LogP contribution in [0.4, 0.5) is 0 Å². The maximum atomic E-state index is 13.1. The van der Waals surface area contributed by atoms with Crippen molar-refractivity contribution in [1.82, 2.24) is 15.1 Å². The smallest absolute Gasteiger partial charge is 0.242 e. The number of amides is 2. The Kier molecular flexibility index (Phi) is 7.18. The summed E-state index contributed by atoms with van der Waals surface area (Å²) >= 11 is 0. The Balaban J connectivity index is 0.00000324. The minimum atomic E-state index is -0.396. The number of benzene rings is 1. The minimum absolute atomic E-state index is 0. The van der Waals surface area contributed by atoms with Gasteiger partial charge in [0.1, 0.15) is 6.04 Å². The van der Waals surface area contributed by atoms with Gasteiger partial charge in [0.15, 0.2) is 0 Å². The second kappa shape index (κ2) is 9.77. The molecular formula is C28H45N3O2. The first-order valence-electron chi connectivity index (χ1n) is 13.1. The summed E-state index contributed by atoms with van der Waals surface area (Å²) in [5, 5.41) is 3.32. The normalized spacial score (nSPS) is 24.4. The van der Waals surface area contributed by atoms with Gasteiger partial charge in [0, 0.05) is 14.4 Å². The van der Waals surface area contributed by atoms with Crippen LogP contribution in [-0.2, 0) is 15.0 Å². The Morgan fingerprint density at radius 1 is 1.15 bits per heavy atom. The zero-order valence-corrected chi connectivity index (χ0v) is 21.2. The Morgan fingerprint density at radius 2 is 1.88 bits per heavy atom. The quantitative estimate of drug-likeness (QED) is 0.676. The van der Waals surface area contributed by atoms with Gasteiger partial charge < -0.3 is 15.1 Å². The van der Waals surface area contributed by atoms with Crippen LogP contribution in [0.3, 0.4) is 0 Å². The number of piperidine rings is 2. The zero-order chi connectivity index (χ0) is 23.6. The third-order valence-electron chi connectivity index (χ3n) is 8.33. The minimum Gasteiger partial charge on any atom is -0.348 e. The molecule has 2 fully saturated rings. The molecule has 1 N–H and O–H groups in total. The third-order valence-corrected chi connectivity index (χ3v) is 8.33. The molecule has 0 bridgehead atoms. The standard InChI is InChI=1S/C28H43N3O2.H2/c1-21(31-17-8-7-11-25(31)32)26(33)29-24-12-13-28(23-10-6-5-9-22(23)24)15-19-30(20-16-28)18-14-27(2,3)4;/h5-6,9-10,21,24H,7-8,11-20H2,1-4H3,(H,29,33);1H/t21-,24-;/m1./s1. The van der Waals surface area contributed by atoms with Gasteiger partial charge in [-0.3, -0.25) is 9.59 Å². The van der Waals surface area contributed by atoms with Crippen molar-refractivity contribution in [3.8, 4) is 0 Å². The molecule has 5 heteroatoms. The topological polar surface area (TPSA) is 52.7 Å². The van der Waals surface area contributed by atoms with Crippen molar-refractivity contribution in [2.45, 2.75) is 96.6 Å². The number of nitrogens with one attached hydrogen (secondary N) is 1. The lowest BCUT2D eigenvalue weighted by molar-refractivity contribution is -0.142. The molecule has 1 aromatic rings. The fourth-order valence-electron chi connectivity index (χ4n) is 6.03. The van der Waals surface area contributed by atoms with Crippen LogP contribution in [0.15, 0.2) is 24.3 Å². The van der Waals surface area contributed by atoms with Crippen molar-refractivity contribution in [3.05, 3.63) is 35.4 Å². The lowest BCUT2D eigenvalue weighted by atomic mass is 9.63. The molecule has 2 amide bonds. The second-order valence-electron chi connectivity index (χ2n) is 11.8. The lowest BCUT2D eigenvalue weighted by Crippen LogP contribution is -2.51. The molecule has 184 valence electrons. The fourth-order valence-corrected chi connectivity index (χ4v) is 6.03. The van der Waals surface area contributed by atoms with E-state index in [0.717, 1.165) is 38.8 Å². The van der Waals surface area contributed by atoms with Crippen molar-refractivity contribution < 1.29 is 11.0 Å². The van der Waals surface area contributed by atoms with Crippen LogP contribution < -0.4 is 5.32 Å². The van der Waals surface area contributed by atoms with E-state index in [9.17, 15) is 9.59 Å². The number of nitrogens with zero attached hydrogens (tertiary/aromatic N) is 2. The molecule has 4 rings (SSSR count). The SMILES string of the molecule is C[C@H](C(=O)N[C@@H]1CCC2(CCN(CCC(C)(C)C)CC2)c2ccccc21)N1CCCCC1=O.[HH]. The van der Waals surface area contributed by atoms with E-state index in [0.29, 0.717) is 18.4 Å². The molecule has 0 saturated carbocycles. The molecule has 2 saturated heterocycles. The van der Waals surface area contributed by atoms with Crippen molar-refractivity contribution in [1.29, 1.82) is 0 Å². The summed E-state index contributed by atoms with van der Waals surface area (Å²) in [6, 6.07) is 8.42. The van der Waals surface area contributed by atoms with E-state index in [-0.39, 0.29) is 24.7 Å². The average Bonchev–Trinajstić information content (AvgIpc) is 2.80. The largest absolute Gasteiger partial charge is 0.348 e. The maximum Gasteiger partial charge on any atom is 0.242 e. The Bertz CT molecular complexity index is 857. The summed E-state index contributed by atoms with van der Waals surface area (Å²) < 4.78 is 0. The van der Waals surface area contributed by atoms with Crippen LogP contribution in [0.1, 0.15) is 97.7 Å². The van der Waals surface area contributed by atoms with E-state index in [2.05, 4.69) is 55.3 Å². The van der Waals surface area contributed by atoms with E-state index >= 15 is 0 Å². The molecule has 0 aromatic heterocycles. The number of carbonyl (C=O) groups excluding carboxylic acids is 2. The average molecular weight is 456 g/mol. The summed E-state index contributed by atoms with van der Waals surface area (Å²) in [6.07, 6.45) is 8.24. The van der Waals surface area contributed by atoms with E-state index < -0.39 is 6.04 Å². The highest BCUT2D eigenvalue weighted by molar-refractivity contribution is 5.88. The zero-order valence-electron chi connectivity index (χ0n) is 21.2. The molecule has 0 radical (unpaired) electrons. The van der Waals surface area contributed by atoms with Crippen LogP contribution in [0, 0.1) is 5.41 Å². The van der Waals surface area contributed by atoms with Crippen molar-refractivity contribution in [2.75, 3.05) is 26.2 Å². The molecule has 5 nitrogen and oxygen atoms in total. The molecule has 1 aliphatic carbocycles. The predicted molar refractivity (Wildman–Crippen MR) is 135 cm³/mol. The van der Waals surface area contributed by atoms with Gasteiger partial charge >= 0.3 is 0 Å². The van der Waals surface area contributed by atoms with Gasteiger partial charge in [-0.05, 0) is 93.5 Å². The Labute approximate surface area is 201 Å². The van der Waals surface area contributed by atoms with Crippen molar-refractivity contribution in [2.24, 2.45) is 5.41 Å². The second-order valence-corrected chi connectivity index (χ2v) is 11.8. The highest BCUT2D eigenvalue weighted by atomic mass is 16.2. The molecule has 1 aromatic carbocycles. The highest BCUT2D eigenvalue weighted by Crippen LogP contribution is 2.48. The summed E-state index contributed by atoms with van der Waals surface area (Å²) in [5.74, 6) is 0.100. The summed E-state index contributed by atoms with van der Waals surface area (Å²) in [5.41, 5.74) is 3.36.